The minimum atomic E-state index is -0.256. The molecule has 2 aromatic carbocycles. The number of aryl methyl sites for hydroxylation is 1. The fraction of sp³-hybridized carbons (Fsp3) is 0.286. The van der Waals surface area contributed by atoms with Crippen molar-refractivity contribution >= 4 is 0 Å². The summed E-state index contributed by atoms with van der Waals surface area (Å²) < 4.78 is 26.3. The summed E-state index contributed by atoms with van der Waals surface area (Å²) in [6, 6.07) is 12.2. The van der Waals surface area contributed by atoms with Crippen LogP contribution in [-0.2, 0) is 13.6 Å². The normalized spacial score (nSPS) is 12.0. The largest absolute Gasteiger partial charge is 0.493 e. The number of rotatable bonds is 8. The molecule has 0 saturated carbocycles. The van der Waals surface area contributed by atoms with Gasteiger partial charge < -0.3 is 14.0 Å². The Kier molecular flexibility index (Phi) is 6.08. The average molecular weight is 369 g/mol. The van der Waals surface area contributed by atoms with Crippen LogP contribution in [0.1, 0.15) is 29.9 Å². The molecule has 0 aliphatic heterocycles. The van der Waals surface area contributed by atoms with Gasteiger partial charge in [-0.15, -0.1) is 0 Å². The minimum absolute atomic E-state index is 0.164. The second-order valence-corrected chi connectivity index (χ2v) is 6.18. The summed E-state index contributed by atoms with van der Waals surface area (Å²) in [5.74, 6) is 2.03. The summed E-state index contributed by atoms with van der Waals surface area (Å²) in [5, 5.41) is 3.52. The Morgan fingerprint density at radius 3 is 2.56 bits per heavy atom. The summed E-state index contributed by atoms with van der Waals surface area (Å²) in [6.45, 7) is 3.10. The predicted molar refractivity (Wildman–Crippen MR) is 102 cm³/mol. The van der Waals surface area contributed by atoms with Gasteiger partial charge in [-0.25, -0.2) is 9.37 Å². The van der Waals surface area contributed by atoms with Crippen LogP contribution in [-0.4, -0.2) is 23.3 Å². The molecule has 0 aliphatic rings. The molecule has 0 bridgehead atoms. The van der Waals surface area contributed by atoms with Crippen molar-refractivity contribution in [3.05, 3.63) is 77.6 Å². The molecular formula is C21H24FN3O2. The fourth-order valence-corrected chi connectivity index (χ4v) is 2.99. The van der Waals surface area contributed by atoms with Crippen molar-refractivity contribution in [1.29, 1.82) is 0 Å². The zero-order valence-corrected chi connectivity index (χ0v) is 15.8. The van der Waals surface area contributed by atoms with Crippen molar-refractivity contribution in [3.8, 4) is 11.5 Å². The summed E-state index contributed by atoms with van der Waals surface area (Å²) in [7, 11) is 3.57. The Bertz CT molecular complexity index is 877. The molecule has 27 heavy (non-hydrogen) atoms. The van der Waals surface area contributed by atoms with Crippen molar-refractivity contribution in [2.45, 2.75) is 19.5 Å². The molecular weight excluding hydrogens is 345 g/mol. The first-order valence-electron chi connectivity index (χ1n) is 8.88. The Morgan fingerprint density at radius 1 is 1.15 bits per heavy atom. The van der Waals surface area contributed by atoms with Crippen LogP contribution >= 0.6 is 0 Å². The number of imidazole rings is 1. The average Bonchev–Trinajstić information content (AvgIpc) is 3.10. The third kappa shape index (κ3) is 4.46. The molecule has 0 aliphatic carbocycles. The van der Waals surface area contributed by atoms with Crippen LogP contribution in [0.5, 0.6) is 11.5 Å². The zero-order valence-electron chi connectivity index (χ0n) is 15.8. The van der Waals surface area contributed by atoms with Crippen LogP contribution in [0, 0.1) is 5.82 Å². The molecule has 1 heterocycles. The van der Waals surface area contributed by atoms with Gasteiger partial charge in [-0.3, -0.25) is 5.32 Å². The Hall–Kier alpha value is -2.86. The predicted octanol–water partition coefficient (Wildman–Crippen LogP) is 3.85. The fourth-order valence-electron chi connectivity index (χ4n) is 2.99. The number of halogens is 1. The molecule has 0 spiro atoms. The third-order valence-electron chi connectivity index (χ3n) is 4.36. The van der Waals surface area contributed by atoms with Gasteiger partial charge in [0.05, 0.1) is 19.8 Å². The number of ether oxygens (including phenoxy) is 2. The molecule has 0 unspecified atom stereocenters. The summed E-state index contributed by atoms with van der Waals surface area (Å²) >= 11 is 0. The molecule has 0 fully saturated rings. The Balaban J connectivity index is 1.84. The Morgan fingerprint density at radius 2 is 1.93 bits per heavy atom. The monoisotopic (exact) mass is 369 g/mol. The van der Waals surface area contributed by atoms with E-state index in [0.717, 1.165) is 22.7 Å². The lowest BCUT2D eigenvalue weighted by molar-refractivity contribution is 0.310. The molecule has 1 N–H and O–H groups in total. The first-order valence-corrected chi connectivity index (χ1v) is 8.88. The molecule has 1 aromatic heterocycles. The number of hydrogen-bond donors (Lipinski definition) is 1. The molecule has 5 nitrogen and oxygen atoms in total. The van der Waals surface area contributed by atoms with E-state index in [9.17, 15) is 4.39 Å². The van der Waals surface area contributed by atoms with Gasteiger partial charge in [0.25, 0.3) is 0 Å². The van der Waals surface area contributed by atoms with Gasteiger partial charge in [0.15, 0.2) is 11.5 Å². The standard InChI is InChI=1S/C21H24FN3O2/c1-4-27-19-13-15(5-10-18(19)26-3)14-24-20(21-23-11-12-25(21)2)16-6-8-17(22)9-7-16/h5-13,20,24H,4,14H2,1-3H3/t20-/m1/s1. The third-order valence-corrected chi connectivity index (χ3v) is 4.36. The van der Waals surface area contributed by atoms with E-state index in [2.05, 4.69) is 10.3 Å². The van der Waals surface area contributed by atoms with Crippen LogP contribution in [0.2, 0.25) is 0 Å². The van der Waals surface area contributed by atoms with Crippen molar-refractivity contribution in [2.24, 2.45) is 7.05 Å². The maximum absolute atomic E-state index is 13.3. The molecule has 142 valence electrons. The van der Waals surface area contributed by atoms with Gasteiger partial charge in [-0.1, -0.05) is 18.2 Å². The van der Waals surface area contributed by atoms with Crippen LogP contribution in [0.3, 0.4) is 0 Å². The number of nitrogens with zero attached hydrogens (tertiary/aromatic N) is 2. The van der Waals surface area contributed by atoms with Crippen LogP contribution in [0.4, 0.5) is 4.39 Å². The highest BCUT2D eigenvalue weighted by molar-refractivity contribution is 5.43. The van der Waals surface area contributed by atoms with Gasteiger partial charge in [0.2, 0.25) is 0 Å². The molecule has 0 radical (unpaired) electrons. The summed E-state index contributed by atoms with van der Waals surface area (Å²) in [6.07, 6.45) is 3.65. The maximum Gasteiger partial charge on any atom is 0.161 e. The number of aromatic nitrogens is 2. The smallest absolute Gasteiger partial charge is 0.161 e. The topological polar surface area (TPSA) is 48.3 Å². The van der Waals surface area contributed by atoms with E-state index in [4.69, 9.17) is 9.47 Å². The van der Waals surface area contributed by atoms with E-state index in [1.165, 1.54) is 12.1 Å². The summed E-state index contributed by atoms with van der Waals surface area (Å²) in [4.78, 5) is 4.46. The molecule has 0 amide bonds. The minimum Gasteiger partial charge on any atom is -0.493 e. The SMILES string of the molecule is CCOc1cc(CN[C@H](c2ccc(F)cc2)c2nccn2C)ccc1OC. The Labute approximate surface area is 158 Å². The van der Waals surface area contributed by atoms with Gasteiger partial charge in [0.1, 0.15) is 11.6 Å². The van der Waals surface area contributed by atoms with Crippen molar-refractivity contribution in [3.63, 3.8) is 0 Å². The number of hydrogen-bond acceptors (Lipinski definition) is 4. The molecule has 0 saturated heterocycles. The van der Waals surface area contributed by atoms with E-state index in [-0.39, 0.29) is 11.9 Å². The van der Waals surface area contributed by atoms with Gasteiger partial charge in [0, 0.05) is 26.0 Å². The van der Waals surface area contributed by atoms with Gasteiger partial charge in [-0.05, 0) is 42.3 Å². The zero-order chi connectivity index (χ0) is 19.2. The van der Waals surface area contributed by atoms with E-state index < -0.39 is 0 Å². The lowest BCUT2D eigenvalue weighted by Crippen LogP contribution is -2.24. The first kappa shape index (κ1) is 18.9. The van der Waals surface area contributed by atoms with Crippen molar-refractivity contribution < 1.29 is 13.9 Å². The van der Waals surface area contributed by atoms with Crippen LogP contribution in [0.25, 0.3) is 0 Å². The van der Waals surface area contributed by atoms with Crippen molar-refractivity contribution in [1.82, 2.24) is 14.9 Å². The number of nitrogens with one attached hydrogen (secondary N) is 1. The van der Waals surface area contributed by atoms with Crippen molar-refractivity contribution in [2.75, 3.05) is 13.7 Å². The van der Waals surface area contributed by atoms with Crippen LogP contribution in [0.15, 0.2) is 54.9 Å². The second-order valence-electron chi connectivity index (χ2n) is 6.18. The lowest BCUT2D eigenvalue weighted by Gasteiger charge is -2.20. The van der Waals surface area contributed by atoms with Gasteiger partial charge in [-0.2, -0.15) is 0 Å². The summed E-state index contributed by atoms with van der Waals surface area (Å²) in [5.41, 5.74) is 2.00. The van der Waals surface area contributed by atoms with E-state index in [1.54, 1.807) is 25.4 Å². The first-order chi connectivity index (χ1) is 13.1. The lowest BCUT2D eigenvalue weighted by atomic mass is 10.1. The molecule has 3 aromatic rings. The highest BCUT2D eigenvalue weighted by atomic mass is 19.1. The quantitative estimate of drug-likeness (QED) is 0.655. The highest BCUT2D eigenvalue weighted by Gasteiger charge is 2.18. The number of methoxy groups -OCH3 is 1. The van der Waals surface area contributed by atoms with E-state index in [1.807, 2.05) is 42.9 Å². The van der Waals surface area contributed by atoms with E-state index in [0.29, 0.717) is 18.9 Å². The molecule has 1 atom stereocenters. The van der Waals surface area contributed by atoms with Gasteiger partial charge >= 0.3 is 0 Å². The second kappa shape index (κ2) is 8.68. The molecule has 3 rings (SSSR count). The maximum atomic E-state index is 13.3. The number of benzene rings is 2. The molecule has 6 heteroatoms. The van der Waals surface area contributed by atoms with E-state index >= 15 is 0 Å². The van der Waals surface area contributed by atoms with Crippen LogP contribution < -0.4 is 14.8 Å². The highest BCUT2D eigenvalue weighted by Crippen LogP contribution is 2.29.